The van der Waals surface area contributed by atoms with E-state index in [-0.39, 0.29) is 12.4 Å². The van der Waals surface area contributed by atoms with Crippen molar-refractivity contribution in [1.29, 1.82) is 0 Å². The number of hydrogen-bond acceptors (Lipinski definition) is 8. The van der Waals surface area contributed by atoms with Crippen molar-refractivity contribution in [2.24, 2.45) is 4.99 Å². The van der Waals surface area contributed by atoms with Gasteiger partial charge in [-0.2, -0.15) is 0 Å². The Morgan fingerprint density at radius 2 is 1.95 bits per heavy atom. The molecule has 4 rings (SSSR count). The van der Waals surface area contributed by atoms with Gasteiger partial charge in [-0.05, 0) is 42.7 Å². The first kappa shape index (κ1) is 30.7. The van der Waals surface area contributed by atoms with E-state index in [1.165, 1.54) is 17.4 Å². The molecule has 0 aliphatic carbocycles. The molecule has 1 N–H and O–H groups in total. The predicted molar refractivity (Wildman–Crippen MR) is 166 cm³/mol. The number of halogens is 1. The van der Waals surface area contributed by atoms with Crippen LogP contribution in [0.5, 0.6) is 11.5 Å². The maximum absolute atomic E-state index is 14.6. The molecule has 10 heteroatoms. The lowest BCUT2D eigenvalue weighted by Gasteiger charge is -2.22. The van der Waals surface area contributed by atoms with Crippen LogP contribution >= 0.6 is 11.3 Å². The Bertz CT molecular complexity index is 1550. The first-order valence-corrected chi connectivity index (χ1v) is 14.4. The predicted octanol–water partition coefficient (Wildman–Crippen LogP) is 7.66. The summed E-state index contributed by atoms with van der Waals surface area (Å²) >= 11 is 1.49. The van der Waals surface area contributed by atoms with Crippen LogP contribution in [0.25, 0.3) is 10.2 Å². The maximum atomic E-state index is 14.6. The zero-order chi connectivity index (χ0) is 29.9. The second kappa shape index (κ2) is 15.1. The lowest BCUT2D eigenvalue weighted by atomic mass is 10.2. The molecule has 0 saturated carbocycles. The standard InChI is InChI=1S/C32H35FN4O4S/c1-5-26(36-19-22(2)20-37(15-16-39-4)32(38)40-21-23-9-7-6-8-10-23)30-18-27-31(42-30)29(13-14-35-27)41-28-12-11-24(34-3)17-25(28)33/h6-14,17-19,34H,5,15-16,20-21H2,1-4H3/b22-19+,36-26?. The largest absolute Gasteiger partial charge is 0.453 e. The summed E-state index contributed by atoms with van der Waals surface area (Å²) in [6.45, 7) is 5.28. The second-order valence-electron chi connectivity index (χ2n) is 9.49. The molecule has 2 aromatic carbocycles. The molecule has 0 unspecified atom stereocenters. The Kier molecular flexibility index (Phi) is 11.0. The fraction of sp³-hybridized carbons (Fsp3) is 0.281. The maximum Gasteiger partial charge on any atom is 0.410 e. The van der Waals surface area contributed by atoms with E-state index in [0.717, 1.165) is 31.9 Å². The van der Waals surface area contributed by atoms with Crippen LogP contribution in [-0.2, 0) is 16.1 Å². The number of carbonyl (C=O) groups is 1. The van der Waals surface area contributed by atoms with Crippen molar-refractivity contribution in [1.82, 2.24) is 9.88 Å². The SMILES string of the molecule is CCC(=N/C=C(\C)CN(CCOC)C(=O)OCc1ccccc1)c1cc2nccc(Oc3ccc(NC)cc3F)c2s1. The van der Waals surface area contributed by atoms with Gasteiger partial charge in [-0.3, -0.25) is 9.98 Å². The highest BCUT2D eigenvalue weighted by Gasteiger charge is 2.17. The van der Waals surface area contributed by atoms with Crippen LogP contribution in [0, 0.1) is 5.82 Å². The van der Waals surface area contributed by atoms with E-state index < -0.39 is 11.9 Å². The lowest BCUT2D eigenvalue weighted by molar-refractivity contribution is 0.0858. The molecule has 0 saturated heterocycles. The van der Waals surface area contributed by atoms with Crippen molar-refractivity contribution in [3.63, 3.8) is 0 Å². The highest BCUT2D eigenvalue weighted by atomic mass is 32.1. The highest BCUT2D eigenvalue weighted by molar-refractivity contribution is 7.21. The second-order valence-corrected chi connectivity index (χ2v) is 10.5. The number of methoxy groups -OCH3 is 1. The van der Waals surface area contributed by atoms with Gasteiger partial charge in [0.1, 0.15) is 12.4 Å². The summed E-state index contributed by atoms with van der Waals surface area (Å²) in [5.41, 5.74) is 4.08. The molecular weight excluding hydrogens is 555 g/mol. The number of ether oxygens (including phenoxy) is 3. The molecule has 0 aliphatic heterocycles. The third kappa shape index (κ3) is 8.14. The molecule has 0 bridgehead atoms. The Labute approximate surface area is 249 Å². The van der Waals surface area contributed by atoms with Gasteiger partial charge in [0.25, 0.3) is 0 Å². The van der Waals surface area contributed by atoms with Gasteiger partial charge in [0.2, 0.25) is 0 Å². The Morgan fingerprint density at radius 3 is 2.67 bits per heavy atom. The minimum absolute atomic E-state index is 0.139. The zero-order valence-corrected chi connectivity index (χ0v) is 25.0. The number of thiophene rings is 1. The molecule has 0 fully saturated rings. The number of carbonyl (C=O) groups excluding carboxylic acids is 1. The van der Waals surface area contributed by atoms with Crippen molar-refractivity contribution >= 4 is 39.0 Å². The quantitative estimate of drug-likeness (QED) is 0.161. The average Bonchev–Trinajstić information content (AvgIpc) is 3.45. The van der Waals surface area contributed by atoms with Crippen molar-refractivity contribution in [2.75, 3.05) is 39.2 Å². The average molecular weight is 591 g/mol. The number of nitrogens with one attached hydrogen (secondary N) is 1. The summed E-state index contributed by atoms with van der Waals surface area (Å²) in [4.78, 5) is 24.6. The Balaban J connectivity index is 1.49. The van der Waals surface area contributed by atoms with E-state index in [4.69, 9.17) is 19.2 Å². The van der Waals surface area contributed by atoms with Crippen LogP contribution in [-0.4, -0.2) is 55.5 Å². The summed E-state index contributed by atoms with van der Waals surface area (Å²) in [7, 11) is 3.33. The number of hydrogen-bond donors (Lipinski definition) is 1. The van der Waals surface area contributed by atoms with Crippen molar-refractivity contribution in [3.8, 4) is 11.5 Å². The minimum Gasteiger partial charge on any atom is -0.453 e. The van der Waals surface area contributed by atoms with Gasteiger partial charge >= 0.3 is 6.09 Å². The number of nitrogens with zero attached hydrogens (tertiary/aromatic N) is 3. The van der Waals surface area contributed by atoms with Gasteiger partial charge in [-0.15, -0.1) is 11.3 Å². The first-order chi connectivity index (χ1) is 20.4. The molecule has 1 amide bonds. The number of amides is 1. The molecule has 4 aromatic rings. The lowest BCUT2D eigenvalue weighted by Crippen LogP contribution is -2.35. The molecule has 0 aliphatic rings. The molecule has 8 nitrogen and oxygen atoms in total. The normalized spacial score (nSPS) is 11.9. The first-order valence-electron chi connectivity index (χ1n) is 13.6. The van der Waals surface area contributed by atoms with Gasteiger partial charge in [0.05, 0.1) is 27.4 Å². The van der Waals surface area contributed by atoms with Crippen molar-refractivity contribution in [2.45, 2.75) is 26.9 Å². The van der Waals surface area contributed by atoms with Gasteiger partial charge in [-0.1, -0.05) is 37.3 Å². The number of anilines is 1. The summed E-state index contributed by atoms with van der Waals surface area (Å²) in [6.07, 6.45) is 3.69. The molecule has 0 atom stereocenters. The van der Waals surface area contributed by atoms with E-state index in [9.17, 15) is 9.18 Å². The Morgan fingerprint density at radius 1 is 1.14 bits per heavy atom. The molecular formula is C32H35FN4O4S. The van der Waals surface area contributed by atoms with E-state index in [1.807, 2.05) is 50.2 Å². The summed E-state index contributed by atoms with van der Waals surface area (Å²) in [5, 5.41) is 2.91. The third-order valence-electron chi connectivity index (χ3n) is 6.35. The van der Waals surface area contributed by atoms with Crippen LogP contribution in [0.1, 0.15) is 30.7 Å². The van der Waals surface area contributed by atoms with Crippen LogP contribution in [0.3, 0.4) is 0 Å². The summed E-state index contributed by atoms with van der Waals surface area (Å²) in [6, 6.07) is 18.0. The summed E-state index contributed by atoms with van der Waals surface area (Å²) in [5.74, 6) is 0.209. The molecule has 0 radical (unpaired) electrons. The molecule has 2 aromatic heterocycles. The van der Waals surface area contributed by atoms with Crippen molar-refractivity contribution < 1.29 is 23.4 Å². The molecule has 220 valence electrons. The number of fused-ring (bicyclic) bond motifs is 1. The van der Waals surface area contributed by atoms with Crippen LogP contribution in [0.4, 0.5) is 14.9 Å². The smallest absolute Gasteiger partial charge is 0.410 e. The highest BCUT2D eigenvalue weighted by Crippen LogP contribution is 2.36. The topological polar surface area (TPSA) is 85.3 Å². The molecule has 0 spiro atoms. The number of rotatable bonds is 13. The van der Waals surface area contributed by atoms with E-state index in [0.29, 0.717) is 37.6 Å². The monoisotopic (exact) mass is 590 g/mol. The van der Waals surface area contributed by atoms with Gasteiger partial charge in [-0.25, -0.2) is 9.18 Å². The van der Waals surface area contributed by atoms with Gasteiger partial charge in [0.15, 0.2) is 11.6 Å². The number of pyridine rings is 1. The number of aliphatic imine (C=N–C) groups is 1. The van der Waals surface area contributed by atoms with Crippen LogP contribution in [0.15, 0.2) is 83.6 Å². The van der Waals surface area contributed by atoms with Crippen molar-refractivity contribution in [3.05, 3.63) is 94.9 Å². The summed E-state index contributed by atoms with van der Waals surface area (Å²) < 4.78 is 32.1. The number of aromatic nitrogens is 1. The van der Waals surface area contributed by atoms with E-state index in [2.05, 4.69) is 10.3 Å². The molecule has 42 heavy (non-hydrogen) atoms. The minimum atomic E-state index is -0.455. The van der Waals surface area contributed by atoms with Gasteiger partial charge < -0.3 is 24.4 Å². The van der Waals surface area contributed by atoms with Gasteiger partial charge in [0, 0.05) is 57.5 Å². The van der Waals surface area contributed by atoms with E-state index >= 15 is 0 Å². The third-order valence-corrected chi connectivity index (χ3v) is 7.53. The number of benzene rings is 2. The van der Waals surface area contributed by atoms with Crippen LogP contribution in [0.2, 0.25) is 0 Å². The fourth-order valence-electron chi connectivity index (χ4n) is 4.10. The fourth-order valence-corrected chi connectivity index (χ4v) is 5.23. The van der Waals surface area contributed by atoms with Crippen LogP contribution < -0.4 is 10.1 Å². The zero-order valence-electron chi connectivity index (χ0n) is 24.2. The molecule has 2 heterocycles. The van der Waals surface area contributed by atoms with E-state index in [1.54, 1.807) is 49.7 Å². The Hall–Kier alpha value is -4.28.